The molecule has 3 aromatic rings. The highest BCUT2D eigenvalue weighted by molar-refractivity contribution is 7.98. The number of hydrogen-bond donors (Lipinski definition) is 3. The van der Waals surface area contributed by atoms with Crippen LogP contribution in [0.25, 0.3) is 11.4 Å². The number of morpholine rings is 1. The molecule has 1 saturated heterocycles. The van der Waals surface area contributed by atoms with Crippen molar-refractivity contribution in [2.45, 2.75) is 17.1 Å². The first kappa shape index (κ1) is 21.8. The zero-order chi connectivity index (χ0) is 22.7. The van der Waals surface area contributed by atoms with E-state index in [4.69, 9.17) is 4.74 Å². The van der Waals surface area contributed by atoms with Crippen LogP contribution in [0.3, 0.4) is 0 Å². The summed E-state index contributed by atoms with van der Waals surface area (Å²) in [6.45, 7) is 0.517. The molecule has 0 bridgehead atoms. The average Bonchev–Trinajstić information content (AvgIpc) is 3.25. The Kier molecular flexibility index (Phi) is 6.40. The van der Waals surface area contributed by atoms with E-state index >= 15 is 0 Å². The zero-order valence-electron chi connectivity index (χ0n) is 17.0. The number of aromatic amines is 1. The van der Waals surface area contributed by atoms with Gasteiger partial charge in [-0.1, -0.05) is 5.16 Å². The van der Waals surface area contributed by atoms with E-state index < -0.39 is 29.8 Å². The molecule has 1 aliphatic rings. The molecule has 1 aromatic heterocycles. The van der Waals surface area contributed by atoms with Crippen LogP contribution in [0, 0.1) is 0 Å². The predicted molar refractivity (Wildman–Crippen MR) is 118 cm³/mol. The van der Waals surface area contributed by atoms with Crippen LogP contribution in [0.4, 0.5) is 11.4 Å². The van der Waals surface area contributed by atoms with Gasteiger partial charge in [0.1, 0.15) is 0 Å². The van der Waals surface area contributed by atoms with Crippen LogP contribution in [0.5, 0.6) is 0 Å². The number of amides is 2. The highest BCUT2D eigenvalue weighted by Crippen LogP contribution is 2.24. The molecule has 10 nitrogen and oxygen atoms in total. The van der Waals surface area contributed by atoms with Crippen molar-refractivity contribution in [1.82, 2.24) is 10.1 Å². The fourth-order valence-corrected chi connectivity index (χ4v) is 3.68. The topological polar surface area (TPSA) is 138 Å². The van der Waals surface area contributed by atoms with Gasteiger partial charge in [0.2, 0.25) is 0 Å². The van der Waals surface area contributed by atoms with Crippen LogP contribution >= 0.6 is 11.8 Å². The number of rotatable bonds is 6. The van der Waals surface area contributed by atoms with Crippen molar-refractivity contribution in [3.63, 3.8) is 0 Å². The fraction of sp³-hybridized carbons (Fsp3) is 0.238. The molecule has 166 valence electrons. The molecule has 2 aromatic carbocycles. The molecule has 0 radical (unpaired) electrons. The van der Waals surface area contributed by atoms with Crippen LogP contribution in [-0.2, 0) is 14.3 Å². The minimum atomic E-state index is -1.69. The van der Waals surface area contributed by atoms with E-state index in [1.807, 2.05) is 30.5 Å². The number of hydrogen-bond acceptors (Lipinski definition) is 8. The summed E-state index contributed by atoms with van der Waals surface area (Å²) in [5.41, 5.74) is 1.63. The van der Waals surface area contributed by atoms with E-state index in [9.17, 15) is 19.5 Å². The van der Waals surface area contributed by atoms with Crippen LogP contribution in [0.1, 0.15) is 0 Å². The highest BCUT2D eigenvalue weighted by atomic mass is 32.2. The fourth-order valence-electron chi connectivity index (χ4n) is 3.27. The first-order valence-electron chi connectivity index (χ1n) is 9.68. The molecular weight excluding hydrogens is 436 g/mol. The van der Waals surface area contributed by atoms with Crippen LogP contribution in [0.15, 0.2) is 62.7 Å². The van der Waals surface area contributed by atoms with Gasteiger partial charge in [0, 0.05) is 28.4 Å². The zero-order valence-corrected chi connectivity index (χ0v) is 17.8. The van der Waals surface area contributed by atoms with Gasteiger partial charge >= 0.3 is 5.76 Å². The Morgan fingerprint density at radius 2 is 1.94 bits per heavy atom. The van der Waals surface area contributed by atoms with Crippen LogP contribution in [-0.4, -0.2) is 58.7 Å². The van der Waals surface area contributed by atoms with Crippen molar-refractivity contribution in [3.05, 3.63) is 59.1 Å². The van der Waals surface area contributed by atoms with Crippen LogP contribution in [0.2, 0.25) is 0 Å². The lowest BCUT2D eigenvalue weighted by Gasteiger charge is -2.34. The summed E-state index contributed by atoms with van der Waals surface area (Å²) in [5, 5.41) is 16.6. The number of H-pyrrole nitrogens is 1. The van der Waals surface area contributed by atoms with Gasteiger partial charge in [-0.15, -0.1) is 11.8 Å². The summed E-state index contributed by atoms with van der Waals surface area (Å²) in [6, 6.07) is 13.8. The largest absolute Gasteiger partial charge is 0.439 e. The average molecular weight is 456 g/mol. The molecule has 0 aliphatic carbocycles. The number of aromatic nitrogens is 2. The van der Waals surface area contributed by atoms with E-state index in [0.29, 0.717) is 23.5 Å². The number of ether oxygens (including phenoxy) is 1. The molecular formula is C21H20N4O6S. The molecule has 0 unspecified atom stereocenters. The van der Waals surface area contributed by atoms with Gasteiger partial charge in [-0.05, 0) is 54.8 Å². The number of thioether (sulfide) groups is 1. The lowest BCUT2D eigenvalue weighted by atomic mass is 10.1. The number of aliphatic hydroxyl groups is 1. The van der Waals surface area contributed by atoms with E-state index in [-0.39, 0.29) is 12.4 Å². The van der Waals surface area contributed by atoms with Crippen molar-refractivity contribution >= 4 is 35.0 Å². The van der Waals surface area contributed by atoms with Gasteiger partial charge in [-0.3, -0.25) is 19.1 Å². The van der Waals surface area contributed by atoms with Crippen molar-refractivity contribution in [3.8, 4) is 11.4 Å². The molecule has 1 aliphatic heterocycles. The first-order valence-corrected chi connectivity index (χ1v) is 10.9. The third-order valence-electron chi connectivity index (χ3n) is 4.93. The normalized spacial score (nSPS) is 17.2. The molecule has 2 amide bonds. The van der Waals surface area contributed by atoms with Gasteiger partial charge in [-0.25, -0.2) is 4.79 Å². The Hall–Kier alpha value is -3.41. The van der Waals surface area contributed by atoms with Gasteiger partial charge in [0.05, 0.1) is 6.61 Å². The van der Waals surface area contributed by atoms with Gasteiger partial charge in [-0.2, -0.15) is 0 Å². The van der Waals surface area contributed by atoms with E-state index in [1.54, 1.807) is 36.0 Å². The third kappa shape index (κ3) is 4.59. The van der Waals surface area contributed by atoms with E-state index in [1.165, 1.54) is 4.90 Å². The number of benzene rings is 2. The molecule has 32 heavy (non-hydrogen) atoms. The number of anilines is 2. The van der Waals surface area contributed by atoms with Gasteiger partial charge in [0.15, 0.2) is 18.0 Å². The number of carbonyl (C=O) groups is 2. The molecule has 2 heterocycles. The molecule has 4 rings (SSSR count). The summed E-state index contributed by atoms with van der Waals surface area (Å²) >= 11 is 1.59. The highest BCUT2D eigenvalue weighted by Gasteiger charge is 2.39. The molecule has 11 heteroatoms. The maximum absolute atomic E-state index is 12.9. The summed E-state index contributed by atoms with van der Waals surface area (Å²) in [5.74, 6) is -1.68. The molecule has 0 saturated carbocycles. The second kappa shape index (κ2) is 9.39. The Morgan fingerprint density at radius 3 is 2.56 bits per heavy atom. The van der Waals surface area contributed by atoms with Gasteiger partial charge < -0.3 is 20.1 Å². The standard InChI is InChI=1S/C21H20N4O6S/c1-32-15-8-6-14(7-9-15)25-10-11-30-17(20(25)28)16(26)19(27)22-13-4-2-12(3-5-13)18-23-21(29)31-24-18/h2-9,16-17,26H,10-11H2,1H3,(H,22,27)(H,23,24,29)/t16-,17-/m1/s1. The Morgan fingerprint density at radius 1 is 1.22 bits per heavy atom. The number of nitrogens with one attached hydrogen (secondary N) is 2. The first-order chi connectivity index (χ1) is 15.5. The van der Waals surface area contributed by atoms with E-state index in [2.05, 4.69) is 20.0 Å². The number of nitrogens with zero attached hydrogens (tertiary/aromatic N) is 2. The summed E-state index contributed by atoms with van der Waals surface area (Å²) in [7, 11) is 0. The minimum Gasteiger partial charge on any atom is -0.380 e. The van der Waals surface area contributed by atoms with Crippen LogP contribution < -0.4 is 16.0 Å². The second-order valence-corrected chi connectivity index (χ2v) is 7.81. The van der Waals surface area contributed by atoms with Crippen molar-refractivity contribution < 1.29 is 24.0 Å². The van der Waals surface area contributed by atoms with E-state index in [0.717, 1.165) is 4.90 Å². The molecule has 0 spiro atoms. The number of carbonyl (C=O) groups excluding carboxylic acids is 2. The minimum absolute atomic E-state index is 0.190. The summed E-state index contributed by atoms with van der Waals surface area (Å²) in [6.07, 6.45) is -1.05. The molecule has 1 fully saturated rings. The van der Waals surface area contributed by atoms with Crippen molar-refractivity contribution in [2.75, 3.05) is 29.6 Å². The maximum Gasteiger partial charge on any atom is 0.439 e. The van der Waals surface area contributed by atoms with Crippen molar-refractivity contribution in [1.29, 1.82) is 0 Å². The summed E-state index contributed by atoms with van der Waals surface area (Å²) in [4.78, 5) is 41.5. The molecule has 3 N–H and O–H groups in total. The third-order valence-corrected chi connectivity index (χ3v) is 5.67. The number of aliphatic hydroxyl groups excluding tert-OH is 1. The quantitative estimate of drug-likeness (QED) is 0.474. The predicted octanol–water partition coefficient (Wildman–Crippen LogP) is 1.48. The summed E-state index contributed by atoms with van der Waals surface area (Å²) < 4.78 is 9.89. The molecule has 2 atom stereocenters. The Balaban J connectivity index is 1.42. The Labute approximate surface area is 186 Å². The second-order valence-electron chi connectivity index (χ2n) is 6.93. The van der Waals surface area contributed by atoms with Gasteiger partial charge in [0.25, 0.3) is 11.8 Å². The van der Waals surface area contributed by atoms with Crippen molar-refractivity contribution in [2.24, 2.45) is 0 Å². The Bertz CT molecular complexity index is 1160. The lowest BCUT2D eigenvalue weighted by molar-refractivity contribution is -0.150. The lowest BCUT2D eigenvalue weighted by Crippen LogP contribution is -2.55. The monoisotopic (exact) mass is 456 g/mol. The smallest absolute Gasteiger partial charge is 0.380 e. The SMILES string of the molecule is CSc1ccc(N2CCO[C@H]([C@@H](O)C(=O)Nc3ccc(-c4noc(=O)[nH]4)cc3)C2=O)cc1. The maximum atomic E-state index is 12.9.